The summed E-state index contributed by atoms with van der Waals surface area (Å²) < 4.78 is 6.98. The van der Waals surface area contributed by atoms with Crippen molar-refractivity contribution in [1.82, 2.24) is 14.5 Å². The third-order valence-electron chi connectivity index (χ3n) is 5.83. The number of carbonyl (C=O) groups is 1. The number of ether oxygens (including phenoxy) is 1. The van der Waals surface area contributed by atoms with Gasteiger partial charge < -0.3 is 14.5 Å². The molecule has 3 heterocycles. The normalized spacial score (nSPS) is 14.2. The molecule has 1 amide bonds. The fourth-order valence-electron chi connectivity index (χ4n) is 4.20. The average Bonchev–Trinajstić information content (AvgIpc) is 2.84. The third kappa shape index (κ3) is 3.28. The molecule has 0 aliphatic carbocycles. The molecule has 0 saturated carbocycles. The molecule has 1 aliphatic rings. The maximum Gasteiger partial charge on any atom is 0.329 e. The fraction of sp³-hybridized carbons (Fsp3) is 0.208. The second-order valence-electron chi connectivity index (χ2n) is 7.53. The number of nitrogens with zero attached hydrogens (tertiary/aromatic N) is 4. The van der Waals surface area contributed by atoms with Crippen molar-refractivity contribution in [3.63, 3.8) is 0 Å². The molecular formula is C24H22N4O3. The lowest BCUT2D eigenvalue weighted by Crippen LogP contribution is -2.50. The number of pyridine rings is 2. The van der Waals surface area contributed by atoms with Crippen molar-refractivity contribution in [3.05, 3.63) is 77.2 Å². The summed E-state index contributed by atoms with van der Waals surface area (Å²) in [5, 5.41) is 0.968. The number of hydrogen-bond donors (Lipinski definition) is 0. The molecule has 2 aromatic carbocycles. The Morgan fingerprint density at radius 1 is 0.935 bits per heavy atom. The van der Waals surface area contributed by atoms with Crippen LogP contribution in [0.15, 0.2) is 71.8 Å². The first-order valence-corrected chi connectivity index (χ1v) is 10.2. The van der Waals surface area contributed by atoms with Crippen LogP contribution in [0.3, 0.4) is 0 Å². The van der Waals surface area contributed by atoms with Gasteiger partial charge in [-0.3, -0.25) is 14.3 Å². The number of benzene rings is 2. The van der Waals surface area contributed by atoms with Gasteiger partial charge in [0.15, 0.2) is 5.43 Å². The van der Waals surface area contributed by atoms with Gasteiger partial charge in [-0.2, -0.15) is 0 Å². The topological polar surface area (TPSA) is 67.7 Å². The molecule has 0 unspecified atom stereocenters. The Kier molecular flexibility index (Phi) is 4.78. The number of para-hydroxylation sites is 1. The molecule has 4 aromatic rings. The molecular weight excluding hydrogens is 392 g/mol. The Balaban J connectivity index is 1.48. The molecule has 0 N–H and O–H groups in total. The van der Waals surface area contributed by atoms with E-state index >= 15 is 0 Å². The van der Waals surface area contributed by atoms with Crippen molar-refractivity contribution in [3.8, 4) is 5.75 Å². The van der Waals surface area contributed by atoms with Gasteiger partial charge in [0.05, 0.1) is 23.5 Å². The molecule has 5 rings (SSSR count). The summed E-state index contributed by atoms with van der Waals surface area (Å²) in [5.74, 6) is 0.816. The highest BCUT2D eigenvalue weighted by Crippen LogP contribution is 2.24. The fourth-order valence-corrected chi connectivity index (χ4v) is 4.20. The Morgan fingerprint density at radius 2 is 1.71 bits per heavy atom. The van der Waals surface area contributed by atoms with Crippen LogP contribution in [-0.2, 0) is 0 Å². The van der Waals surface area contributed by atoms with Gasteiger partial charge in [-0.25, -0.2) is 4.79 Å². The largest absolute Gasteiger partial charge is 0.497 e. The number of aromatic nitrogens is 2. The molecule has 31 heavy (non-hydrogen) atoms. The first kappa shape index (κ1) is 19.1. The zero-order valence-electron chi connectivity index (χ0n) is 17.2. The predicted molar refractivity (Wildman–Crippen MR) is 121 cm³/mol. The predicted octanol–water partition coefficient (Wildman–Crippen LogP) is 3.35. The Bertz CT molecular complexity index is 1280. The SMILES string of the molecule is COc1cccc(N2CCN(C(=O)n3c4ccccc4c(=O)c4cnccc43)CC2)c1. The zero-order valence-corrected chi connectivity index (χ0v) is 17.2. The molecule has 7 heteroatoms. The number of anilines is 1. The van der Waals surface area contributed by atoms with E-state index in [-0.39, 0.29) is 11.5 Å². The lowest BCUT2D eigenvalue weighted by molar-refractivity contribution is 0.198. The van der Waals surface area contributed by atoms with E-state index < -0.39 is 0 Å². The Labute approximate surface area is 179 Å². The summed E-state index contributed by atoms with van der Waals surface area (Å²) in [6.45, 7) is 2.61. The Hall–Kier alpha value is -3.87. The van der Waals surface area contributed by atoms with Crippen molar-refractivity contribution in [2.24, 2.45) is 0 Å². The molecule has 1 fully saturated rings. The maximum atomic E-state index is 13.6. The number of piperazine rings is 1. The van der Waals surface area contributed by atoms with E-state index in [1.807, 2.05) is 41.3 Å². The third-order valence-corrected chi connectivity index (χ3v) is 5.83. The number of hydrogen-bond acceptors (Lipinski definition) is 5. The average molecular weight is 414 g/mol. The number of methoxy groups -OCH3 is 1. The van der Waals surface area contributed by atoms with Gasteiger partial charge in [0.2, 0.25) is 0 Å². The second kappa shape index (κ2) is 7.75. The minimum atomic E-state index is -0.127. The van der Waals surface area contributed by atoms with Gasteiger partial charge in [-0.1, -0.05) is 18.2 Å². The molecule has 0 bridgehead atoms. The van der Waals surface area contributed by atoms with Crippen molar-refractivity contribution in [2.75, 3.05) is 38.2 Å². The summed E-state index contributed by atoms with van der Waals surface area (Å²) in [4.78, 5) is 34.7. The molecule has 0 spiro atoms. The lowest BCUT2D eigenvalue weighted by Gasteiger charge is -2.36. The van der Waals surface area contributed by atoms with Crippen molar-refractivity contribution < 1.29 is 9.53 Å². The second-order valence-corrected chi connectivity index (χ2v) is 7.53. The maximum absolute atomic E-state index is 13.6. The lowest BCUT2D eigenvalue weighted by atomic mass is 10.1. The summed E-state index contributed by atoms with van der Waals surface area (Å²) >= 11 is 0. The number of carbonyl (C=O) groups excluding carboxylic acids is 1. The molecule has 0 radical (unpaired) electrons. The number of rotatable bonds is 2. The van der Waals surface area contributed by atoms with Crippen molar-refractivity contribution in [2.45, 2.75) is 0 Å². The van der Waals surface area contributed by atoms with E-state index in [0.717, 1.165) is 24.5 Å². The number of amides is 1. The van der Waals surface area contributed by atoms with E-state index in [4.69, 9.17) is 4.74 Å². The van der Waals surface area contributed by atoms with Crippen LogP contribution in [0.5, 0.6) is 5.75 Å². The van der Waals surface area contributed by atoms with Crippen molar-refractivity contribution in [1.29, 1.82) is 0 Å². The van der Waals surface area contributed by atoms with E-state index in [1.165, 1.54) is 6.20 Å². The monoisotopic (exact) mass is 414 g/mol. The Morgan fingerprint density at radius 3 is 2.52 bits per heavy atom. The summed E-state index contributed by atoms with van der Waals surface area (Å²) in [7, 11) is 1.66. The smallest absolute Gasteiger partial charge is 0.329 e. The summed E-state index contributed by atoms with van der Waals surface area (Å²) in [6, 6.07) is 16.8. The molecule has 1 saturated heterocycles. The number of fused-ring (bicyclic) bond motifs is 2. The van der Waals surface area contributed by atoms with E-state index in [1.54, 1.807) is 30.0 Å². The van der Waals surface area contributed by atoms with E-state index in [9.17, 15) is 9.59 Å². The van der Waals surface area contributed by atoms with Crippen LogP contribution in [0.4, 0.5) is 10.5 Å². The van der Waals surface area contributed by atoms with E-state index in [0.29, 0.717) is 34.9 Å². The first-order valence-electron chi connectivity index (χ1n) is 10.2. The highest BCUT2D eigenvalue weighted by molar-refractivity contribution is 6.01. The first-order chi connectivity index (χ1) is 15.2. The highest BCUT2D eigenvalue weighted by Gasteiger charge is 2.25. The van der Waals surface area contributed by atoms with Crippen LogP contribution in [0.2, 0.25) is 0 Å². The standard InChI is InChI=1S/C24H22N4O3/c1-31-18-6-4-5-17(15-18)26-11-13-27(14-12-26)24(30)28-21-8-3-2-7-19(21)23(29)20-16-25-10-9-22(20)28/h2-10,15-16H,11-14H2,1H3. The van der Waals surface area contributed by atoms with Crippen molar-refractivity contribution >= 4 is 33.5 Å². The van der Waals surface area contributed by atoms with Gasteiger partial charge in [-0.15, -0.1) is 0 Å². The quantitative estimate of drug-likeness (QED) is 0.471. The van der Waals surface area contributed by atoms with Gasteiger partial charge in [-0.05, 0) is 30.3 Å². The van der Waals surface area contributed by atoms with Crippen LogP contribution in [0, 0.1) is 0 Å². The minimum absolute atomic E-state index is 0.106. The van der Waals surface area contributed by atoms with E-state index in [2.05, 4.69) is 16.0 Å². The summed E-state index contributed by atoms with van der Waals surface area (Å²) in [6.07, 6.45) is 3.15. The van der Waals surface area contributed by atoms with Gasteiger partial charge in [0.25, 0.3) is 0 Å². The molecule has 1 aliphatic heterocycles. The minimum Gasteiger partial charge on any atom is -0.497 e. The van der Waals surface area contributed by atoms with Crippen LogP contribution in [0.1, 0.15) is 0 Å². The van der Waals surface area contributed by atoms with Gasteiger partial charge in [0, 0.05) is 55.7 Å². The van der Waals surface area contributed by atoms with Gasteiger partial charge in [0.1, 0.15) is 5.75 Å². The molecule has 156 valence electrons. The highest BCUT2D eigenvalue weighted by atomic mass is 16.5. The van der Waals surface area contributed by atoms with Crippen LogP contribution in [0.25, 0.3) is 21.8 Å². The molecule has 7 nitrogen and oxygen atoms in total. The molecule has 0 atom stereocenters. The van der Waals surface area contributed by atoms with Gasteiger partial charge >= 0.3 is 6.03 Å². The molecule has 2 aromatic heterocycles. The summed E-state index contributed by atoms with van der Waals surface area (Å²) in [5.41, 5.74) is 2.17. The van der Waals surface area contributed by atoms with Crippen LogP contribution >= 0.6 is 0 Å². The van der Waals surface area contributed by atoms with Crippen LogP contribution < -0.4 is 15.1 Å². The van der Waals surface area contributed by atoms with Crippen LogP contribution in [-0.4, -0.2) is 53.8 Å². The zero-order chi connectivity index (χ0) is 21.4.